The number of rotatable bonds is 2. The van der Waals surface area contributed by atoms with Crippen molar-refractivity contribution in [3.05, 3.63) is 84.4 Å². The molecule has 0 spiro atoms. The predicted molar refractivity (Wildman–Crippen MR) is 105 cm³/mol. The summed E-state index contributed by atoms with van der Waals surface area (Å²) in [4.78, 5) is 6.90. The molecule has 3 aromatic carbocycles. The molecule has 0 bridgehead atoms. The zero-order valence-corrected chi connectivity index (χ0v) is 14.1. The number of anilines is 1. The van der Waals surface area contributed by atoms with E-state index in [1.165, 1.54) is 11.3 Å². The van der Waals surface area contributed by atoms with Gasteiger partial charge in [0.15, 0.2) is 0 Å². The smallest absolute Gasteiger partial charge is 0.201 e. The minimum absolute atomic E-state index is 0.551. The van der Waals surface area contributed by atoms with Gasteiger partial charge in [0.2, 0.25) is 5.96 Å². The second-order valence-electron chi connectivity index (χ2n) is 6.24. The minimum atomic E-state index is 0.551. The summed E-state index contributed by atoms with van der Waals surface area (Å²) in [6.07, 6.45) is 2.19. The van der Waals surface area contributed by atoms with Crippen LogP contribution in [0.1, 0.15) is 12.0 Å². The average Bonchev–Trinajstić information content (AvgIpc) is 2.68. The average molecular weight is 327 g/mol. The van der Waals surface area contributed by atoms with E-state index in [1.54, 1.807) is 0 Å². The molecule has 0 fully saturated rings. The molecule has 0 amide bonds. The van der Waals surface area contributed by atoms with E-state index in [2.05, 4.69) is 47.4 Å². The van der Waals surface area contributed by atoms with Gasteiger partial charge in [0.1, 0.15) is 0 Å². The Morgan fingerprint density at radius 3 is 2.44 bits per heavy atom. The third-order valence-corrected chi connectivity index (χ3v) is 4.61. The van der Waals surface area contributed by atoms with Crippen LogP contribution in [0.4, 0.5) is 11.4 Å². The summed E-state index contributed by atoms with van der Waals surface area (Å²) >= 11 is 0. The lowest BCUT2D eigenvalue weighted by Crippen LogP contribution is -2.40. The van der Waals surface area contributed by atoms with Gasteiger partial charge in [0.05, 0.1) is 5.69 Å². The molecule has 25 heavy (non-hydrogen) atoms. The van der Waals surface area contributed by atoms with Gasteiger partial charge in [-0.3, -0.25) is 0 Å². The van der Waals surface area contributed by atoms with Crippen LogP contribution in [0.3, 0.4) is 0 Å². The summed E-state index contributed by atoms with van der Waals surface area (Å²) in [6, 6.07) is 26.9. The van der Waals surface area contributed by atoms with E-state index >= 15 is 0 Å². The van der Waals surface area contributed by atoms with Crippen molar-refractivity contribution in [3.63, 3.8) is 0 Å². The highest BCUT2D eigenvalue weighted by Crippen LogP contribution is 2.31. The molecule has 0 saturated carbocycles. The number of guanidine groups is 1. The summed E-state index contributed by atoms with van der Waals surface area (Å²) < 4.78 is 0. The van der Waals surface area contributed by atoms with Crippen LogP contribution in [0.15, 0.2) is 83.9 Å². The Hall–Kier alpha value is -3.07. The number of para-hydroxylation sites is 2. The number of nitrogens with zero attached hydrogens (tertiary/aromatic N) is 2. The molecule has 3 nitrogen and oxygen atoms in total. The Balaban J connectivity index is 1.73. The van der Waals surface area contributed by atoms with Gasteiger partial charge in [-0.25, -0.2) is 4.99 Å². The molecule has 0 unspecified atom stereocenters. The van der Waals surface area contributed by atoms with Crippen molar-refractivity contribution >= 4 is 17.3 Å². The SMILES string of the molecule is NC(=Nc1ccccc1-c1ccccc1)N1CCCc2ccccc21. The van der Waals surface area contributed by atoms with Crippen LogP contribution in [0.5, 0.6) is 0 Å². The molecule has 1 aliphatic heterocycles. The topological polar surface area (TPSA) is 41.6 Å². The number of fused-ring (bicyclic) bond motifs is 1. The van der Waals surface area contributed by atoms with E-state index in [0.717, 1.165) is 36.2 Å². The molecule has 4 rings (SSSR count). The van der Waals surface area contributed by atoms with Gasteiger partial charge in [0.25, 0.3) is 0 Å². The number of aliphatic imine (C=N–C) groups is 1. The van der Waals surface area contributed by atoms with Crippen molar-refractivity contribution in [2.75, 3.05) is 11.4 Å². The van der Waals surface area contributed by atoms with Gasteiger partial charge in [-0.15, -0.1) is 0 Å². The zero-order chi connectivity index (χ0) is 17.1. The summed E-state index contributed by atoms with van der Waals surface area (Å²) in [5, 5.41) is 0. The van der Waals surface area contributed by atoms with Gasteiger partial charge < -0.3 is 10.6 Å². The van der Waals surface area contributed by atoms with E-state index in [4.69, 9.17) is 10.7 Å². The van der Waals surface area contributed by atoms with E-state index in [9.17, 15) is 0 Å². The third-order valence-electron chi connectivity index (χ3n) is 4.61. The Bertz CT molecular complexity index is 900. The van der Waals surface area contributed by atoms with Crippen LogP contribution >= 0.6 is 0 Å². The number of benzene rings is 3. The van der Waals surface area contributed by atoms with Crippen LogP contribution in [-0.2, 0) is 6.42 Å². The Morgan fingerprint density at radius 2 is 1.56 bits per heavy atom. The van der Waals surface area contributed by atoms with Crippen molar-refractivity contribution in [3.8, 4) is 11.1 Å². The largest absolute Gasteiger partial charge is 0.369 e. The highest BCUT2D eigenvalue weighted by Gasteiger charge is 2.19. The molecule has 1 aliphatic rings. The first-order chi connectivity index (χ1) is 12.3. The van der Waals surface area contributed by atoms with Gasteiger partial charge >= 0.3 is 0 Å². The van der Waals surface area contributed by atoms with Crippen LogP contribution in [0.25, 0.3) is 11.1 Å². The molecule has 0 radical (unpaired) electrons. The molecule has 124 valence electrons. The molecule has 0 aromatic heterocycles. The zero-order valence-electron chi connectivity index (χ0n) is 14.1. The van der Waals surface area contributed by atoms with E-state index < -0.39 is 0 Å². The maximum atomic E-state index is 6.42. The fraction of sp³-hybridized carbons (Fsp3) is 0.136. The standard InChI is InChI=1S/C22H21N3/c23-22(25-16-8-12-18-11-4-7-15-21(18)25)24-20-14-6-5-13-19(20)17-9-2-1-3-10-17/h1-7,9-11,13-15H,8,12,16H2,(H2,23,24). The lowest BCUT2D eigenvalue weighted by molar-refractivity contribution is 0.775. The molecule has 3 aromatic rings. The fourth-order valence-electron chi connectivity index (χ4n) is 3.39. The molecular weight excluding hydrogens is 306 g/mol. The molecule has 0 aliphatic carbocycles. The molecule has 1 heterocycles. The highest BCUT2D eigenvalue weighted by atomic mass is 15.3. The Morgan fingerprint density at radius 1 is 0.840 bits per heavy atom. The normalized spacial score (nSPS) is 14.2. The second-order valence-corrected chi connectivity index (χ2v) is 6.24. The van der Waals surface area contributed by atoms with Crippen LogP contribution in [0, 0.1) is 0 Å². The first-order valence-electron chi connectivity index (χ1n) is 8.67. The van der Waals surface area contributed by atoms with Gasteiger partial charge in [-0.05, 0) is 36.1 Å². The first kappa shape index (κ1) is 15.5. The third kappa shape index (κ3) is 3.13. The highest BCUT2D eigenvalue weighted by molar-refractivity contribution is 5.98. The second kappa shape index (κ2) is 6.81. The number of hydrogen-bond donors (Lipinski definition) is 1. The summed E-state index contributed by atoms with van der Waals surface area (Å²) in [5.41, 5.74) is 12.1. The van der Waals surface area contributed by atoms with Gasteiger partial charge in [0, 0.05) is 17.8 Å². The van der Waals surface area contributed by atoms with Gasteiger partial charge in [-0.1, -0.05) is 66.7 Å². The lowest BCUT2D eigenvalue weighted by Gasteiger charge is -2.30. The van der Waals surface area contributed by atoms with E-state index in [0.29, 0.717) is 5.96 Å². The van der Waals surface area contributed by atoms with E-state index in [1.807, 2.05) is 36.4 Å². The maximum absolute atomic E-state index is 6.42. The van der Waals surface area contributed by atoms with Crippen molar-refractivity contribution in [2.45, 2.75) is 12.8 Å². The molecule has 0 saturated heterocycles. The lowest BCUT2D eigenvalue weighted by atomic mass is 10.0. The summed E-state index contributed by atoms with van der Waals surface area (Å²) in [6.45, 7) is 0.903. The molecule has 2 N–H and O–H groups in total. The quantitative estimate of drug-likeness (QED) is 0.545. The van der Waals surface area contributed by atoms with Crippen LogP contribution < -0.4 is 10.6 Å². The number of hydrogen-bond acceptors (Lipinski definition) is 1. The van der Waals surface area contributed by atoms with E-state index in [-0.39, 0.29) is 0 Å². The molecule has 0 atom stereocenters. The monoisotopic (exact) mass is 327 g/mol. The molecular formula is C22H21N3. The maximum Gasteiger partial charge on any atom is 0.201 e. The first-order valence-corrected chi connectivity index (χ1v) is 8.67. The van der Waals surface area contributed by atoms with Crippen molar-refractivity contribution in [2.24, 2.45) is 10.7 Å². The fourth-order valence-corrected chi connectivity index (χ4v) is 3.39. The molecule has 3 heteroatoms. The number of nitrogens with two attached hydrogens (primary N) is 1. The van der Waals surface area contributed by atoms with Crippen molar-refractivity contribution < 1.29 is 0 Å². The Labute approximate surface area is 148 Å². The van der Waals surface area contributed by atoms with Crippen LogP contribution in [0.2, 0.25) is 0 Å². The van der Waals surface area contributed by atoms with Crippen molar-refractivity contribution in [1.82, 2.24) is 0 Å². The van der Waals surface area contributed by atoms with Crippen molar-refractivity contribution in [1.29, 1.82) is 0 Å². The summed E-state index contributed by atoms with van der Waals surface area (Å²) in [7, 11) is 0. The summed E-state index contributed by atoms with van der Waals surface area (Å²) in [5.74, 6) is 0.551. The minimum Gasteiger partial charge on any atom is -0.369 e. The van der Waals surface area contributed by atoms with Crippen LogP contribution in [-0.4, -0.2) is 12.5 Å². The number of aryl methyl sites for hydroxylation is 1. The predicted octanol–water partition coefficient (Wildman–Crippen LogP) is 4.75. The Kier molecular flexibility index (Phi) is 4.21. The van der Waals surface area contributed by atoms with Gasteiger partial charge in [-0.2, -0.15) is 0 Å².